The zero-order valence-corrected chi connectivity index (χ0v) is 13.7. The maximum atomic E-state index is 11.9. The van der Waals surface area contributed by atoms with Crippen LogP contribution in [0, 0.1) is 13.8 Å². The van der Waals surface area contributed by atoms with Crippen molar-refractivity contribution in [1.82, 2.24) is 0 Å². The number of sulfonamides is 1. The number of primary sulfonamides is 1. The smallest absolute Gasteiger partial charge is 0.411 e. The summed E-state index contributed by atoms with van der Waals surface area (Å²) in [5.41, 5.74) is 2.52. The van der Waals surface area contributed by atoms with E-state index >= 15 is 0 Å². The molecule has 2 aromatic carbocycles. The normalized spacial score (nSPS) is 11.1. The topological polar surface area (TPSA) is 98.5 Å². The Labute approximate surface area is 135 Å². The Hall–Kier alpha value is -2.38. The molecule has 0 spiro atoms. The number of nitrogens with one attached hydrogen (secondary N) is 1. The number of hydrogen-bond donors (Lipinski definition) is 2. The molecule has 6 nitrogen and oxygen atoms in total. The Balaban J connectivity index is 2.16. The van der Waals surface area contributed by atoms with E-state index in [-0.39, 0.29) is 17.2 Å². The van der Waals surface area contributed by atoms with Crippen LogP contribution in [0.15, 0.2) is 47.4 Å². The van der Waals surface area contributed by atoms with Crippen molar-refractivity contribution in [3.63, 3.8) is 0 Å². The number of anilines is 1. The van der Waals surface area contributed by atoms with Gasteiger partial charge in [0, 0.05) is 0 Å². The van der Waals surface area contributed by atoms with Gasteiger partial charge in [0.25, 0.3) is 0 Å². The molecule has 7 heteroatoms. The Morgan fingerprint density at radius 2 is 1.74 bits per heavy atom. The fourth-order valence-electron chi connectivity index (χ4n) is 1.99. The van der Waals surface area contributed by atoms with Gasteiger partial charge in [-0.1, -0.05) is 30.3 Å². The molecule has 0 radical (unpaired) electrons. The van der Waals surface area contributed by atoms with Crippen molar-refractivity contribution in [2.75, 3.05) is 5.32 Å². The van der Waals surface area contributed by atoms with Crippen molar-refractivity contribution in [2.45, 2.75) is 25.3 Å². The maximum absolute atomic E-state index is 11.9. The fourth-order valence-corrected chi connectivity index (χ4v) is 2.75. The average molecular weight is 334 g/mol. The number of amides is 1. The molecule has 0 fully saturated rings. The number of carbonyl (C=O) groups excluding carboxylic acids is 1. The van der Waals surface area contributed by atoms with Crippen LogP contribution < -0.4 is 10.5 Å². The van der Waals surface area contributed by atoms with Gasteiger partial charge in [0.1, 0.15) is 11.5 Å². The van der Waals surface area contributed by atoms with E-state index in [4.69, 9.17) is 9.88 Å². The number of hydrogen-bond acceptors (Lipinski definition) is 4. The number of ether oxygens (including phenoxy) is 1. The number of rotatable bonds is 4. The lowest BCUT2D eigenvalue weighted by molar-refractivity contribution is 0.155. The lowest BCUT2D eigenvalue weighted by Crippen LogP contribution is -2.19. The summed E-state index contributed by atoms with van der Waals surface area (Å²) < 4.78 is 28.4. The molecule has 0 aliphatic carbocycles. The molecular formula is C16H18N2O4S. The van der Waals surface area contributed by atoms with Crippen LogP contribution in [0.25, 0.3) is 0 Å². The molecule has 0 saturated heterocycles. The van der Waals surface area contributed by atoms with Gasteiger partial charge in [-0.3, -0.25) is 5.32 Å². The molecule has 0 aliphatic heterocycles. The molecule has 2 aromatic rings. The van der Waals surface area contributed by atoms with Crippen LogP contribution in [-0.4, -0.2) is 14.5 Å². The van der Waals surface area contributed by atoms with E-state index in [9.17, 15) is 13.2 Å². The van der Waals surface area contributed by atoms with E-state index in [1.165, 1.54) is 6.07 Å². The highest BCUT2D eigenvalue weighted by molar-refractivity contribution is 7.89. The first-order valence-electron chi connectivity index (χ1n) is 6.89. The zero-order chi connectivity index (χ0) is 17.0. The number of aryl methyl sites for hydroxylation is 2. The summed E-state index contributed by atoms with van der Waals surface area (Å²) in [7, 11) is -3.96. The highest BCUT2D eigenvalue weighted by Crippen LogP contribution is 2.24. The van der Waals surface area contributed by atoms with Gasteiger partial charge in [0.15, 0.2) is 0 Å². The van der Waals surface area contributed by atoms with Gasteiger partial charge in [0.05, 0.1) is 5.69 Å². The molecule has 0 bridgehead atoms. The van der Waals surface area contributed by atoms with Gasteiger partial charge in [-0.2, -0.15) is 0 Å². The van der Waals surface area contributed by atoms with E-state index in [0.717, 1.165) is 16.7 Å². The lowest BCUT2D eigenvalue weighted by atomic mass is 10.1. The van der Waals surface area contributed by atoms with Crippen molar-refractivity contribution in [3.8, 4) is 0 Å². The van der Waals surface area contributed by atoms with E-state index in [1.54, 1.807) is 13.0 Å². The summed E-state index contributed by atoms with van der Waals surface area (Å²) in [6, 6.07) is 12.1. The number of benzene rings is 2. The van der Waals surface area contributed by atoms with Crippen LogP contribution in [0.5, 0.6) is 0 Å². The summed E-state index contributed by atoms with van der Waals surface area (Å²) in [5, 5.41) is 7.63. The minimum Gasteiger partial charge on any atom is -0.444 e. The average Bonchev–Trinajstić information content (AvgIpc) is 2.48. The van der Waals surface area contributed by atoms with E-state index < -0.39 is 16.1 Å². The monoisotopic (exact) mass is 334 g/mol. The van der Waals surface area contributed by atoms with Crippen LogP contribution >= 0.6 is 0 Å². The number of nitrogens with two attached hydrogens (primary N) is 1. The van der Waals surface area contributed by atoms with Crippen molar-refractivity contribution >= 4 is 21.8 Å². The Morgan fingerprint density at radius 1 is 1.13 bits per heavy atom. The first kappa shape index (κ1) is 17.0. The Morgan fingerprint density at radius 3 is 2.35 bits per heavy atom. The SMILES string of the molecule is Cc1cc(NC(=O)OCc2ccccc2)c(S(N)(=O)=O)cc1C. The van der Waals surface area contributed by atoms with E-state index in [2.05, 4.69) is 5.32 Å². The molecule has 0 aromatic heterocycles. The van der Waals surface area contributed by atoms with E-state index in [0.29, 0.717) is 0 Å². The van der Waals surface area contributed by atoms with Gasteiger partial charge in [-0.05, 0) is 42.7 Å². The third kappa shape index (κ3) is 4.54. The van der Waals surface area contributed by atoms with Crippen molar-refractivity contribution in [3.05, 3.63) is 59.2 Å². The molecular weight excluding hydrogens is 316 g/mol. The summed E-state index contributed by atoms with van der Waals surface area (Å²) in [6.07, 6.45) is -0.748. The summed E-state index contributed by atoms with van der Waals surface area (Å²) in [5.74, 6) is 0. The van der Waals surface area contributed by atoms with E-state index in [1.807, 2.05) is 37.3 Å². The third-order valence-electron chi connectivity index (χ3n) is 3.35. The molecule has 0 aliphatic rings. The minimum atomic E-state index is -3.96. The molecule has 0 saturated carbocycles. The molecule has 122 valence electrons. The van der Waals surface area contributed by atoms with Crippen LogP contribution in [0.1, 0.15) is 16.7 Å². The second-order valence-electron chi connectivity index (χ2n) is 5.16. The third-order valence-corrected chi connectivity index (χ3v) is 4.30. The van der Waals surface area contributed by atoms with Crippen molar-refractivity contribution < 1.29 is 17.9 Å². The Bertz CT molecular complexity index is 817. The molecule has 0 heterocycles. The fraction of sp³-hybridized carbons (Fsp3) is 0.188. The Kier molecular flexibility index (Phi) is 5.02. The summed E-state index contributed by atoms with van der Waals surface area (Å²) in [6.45, 7) is 3.66. The van der Waals surface area contributed by atoms with Gasteiger partial charge >= 0.3 is 6.09 Å². The van der Waals surface area contributed by atoms with Crippen LogP contribution in [0.4, 0.5) is 10.5 Å². The lowest BCUT2D eigenvalue weighted by Gasteiger charge is -2.13. The standard InChI is InChI=1S/C16H18N2O4S/c1-11-8-14(15(9-12(11)2)23(17,20)21)18-16(19)22-10-13-6-4-3-5-7-13/h3-9H,10H2,1-2H3,(H,18,19)(H2,17,20,21). The molecule has 23 heavy (non-hydrogen) atoms. The summed E-state index contributed by atoms with van der Waals surface area (Å²) in [4.78, 5) is 11.8. The van der Waals surface area contributed by atoms with Crippen molar-refractivity contribution in [2.24, 2.45) is 5.14 Å². The first-order valence-corrected chi connectivity index (χ1v) is 8.44. The van der Waals surface area contributed by atoms with Crippen LogP contribution in [0.3, 0.4) is 0 Å². The van der Waals surface area contributed by atoms with Gasteiger partial charge < -0.3 is 4.74 Å². The van der Waals surface area contributed by atoms with Crippen LogP contribution in [-0.2, 0) is 21.4 Å². The second-order valence-corrected chi connectivity index (χ2v) is 6.69. The first-order chi connectivity index (χ1) is 10.8. The predicted molar refractivity (Wildman–Crippen MR) is 87.5 cm³/mol. The molecule has 0 unspecified atom stereocenters. The maximum Gasteiger partial charge on any atom is 0.411 e. The molecule has 3 N–H and O–H groups in total. The molecule has 2 rings (SSSR count). The quantitative estimate of drug-likeness (QED) is 0.898. The van der Waals surface area contributed by atoms with Crippen LogP contribution in [0.2, 0.25) is 0 Å². The molecule has 1 amide bonds. The minimum absolute atomic E-state index is 0.0855. The van der Waals surface area contributed by atoms with Crippen molar-refractivity contribution in [1.29, 1.82) is 0 Å². The highest BCUT2D eigenvalue weighted by Gasteiger charge is 2.18. The van der Waals surface area contributed by atoms with Gasteiger partial charge in [-0.25, -0.2) is 18.4 Å². The molecule has 0 atom stereocenters. The largest absolute Gasteiger partial charge is 0.444 e. The number of carbonyl (C=O) groups is 1. The van der Waals surface area contributed by atoms with Gasteiger partial charge in [0.2, 0.25) is 10.0 Å². The predicted octanol–water partition coefficient (Wildman–Crippen LogP) is 2.70. The van der Waals surface area contributed by atoms with Gasteiger partial charge in [-0.15, -0.1) is 0 Å². The second kappa shape index (κ2) is 6.80. The zero-order valence-electron chi connectivity index (χ0n) is 12.9. The summed E-state index contributed by atoms with van der Waals surface area (Å²) >= 11 is 0. The highest BCUT2D eigenvalue weighted by atomic mass is 32.2.